The predicted octanol–water partition coefficient (Wildman–Crippen LogP) is 3.17. The van der Waals surface area contributed by atoms with E-state index in [-0.39, 0.29) is 16.5 Å². The van der Waals surface area contributed by atoms with Crippen LogP contribution < -0.4 is 5.73 Å². The van der Waals surface area contributed by atoms with Crippen LogP contribution in [0.2, 0.25) is 5.02 Å². The van der Waals surface area contributed by atoms with Crippen molar-refractivity contribution in [2.24, 2.45) is 0 Å². The highest BCUT2D eigenvalue weighted by molar-refractivity contribution is 6.33. The first kappa shape index (κ1) is 12.6. The molecule has 20 heavy (non-hydrogen) atoms. The maximum Gasteiger partial charge on any atom is 0.230 e. The van der Waals surface area contributed by atoms with Crippen molar-refractivity contribution >= 4 is 17.5 Å². The molecule has 0 aliphatic rings. The number of nitrogens with two attached hydrogens (primary N) is 1. The third kappa shape index (κ3) is 2.00. The second-order valence-electron chi connectivity index (χ2n) is 3.99. The van der Waals surface area contributed by atoms with Gasteiger partial charge in [0.15, 0.2) is 0 Å². The van der Waals surface area contributed by atoms with Crippen molar-refractivity contribution in [3.8, 4) is 22.4 Å². The van der Waals surface area contributed by atoms with Crippen molar-refractivity contribution < 1.29 is 8.91 Å². The van der Waals surface area contributed by atoms with Crippen LogP contribution in [0.15, 0.2) is 41.4 Å². The van der Waals surface area contributed by atoms with E-state index in [2.05, 4.69) is 15.1 Å². The number of nitrogen functional groups attached to an aromatic ring is 1. The molecular formula is C13H8ClFN4O. The van der Waals surface area contributed by atoms with Crippen LogP contribution in [-0.4, -0.2) is 15.1 Å². The Morgan fingerprint density at radius 1 is 1.15 bits per heavy atom. The minimum atomic E-state index is -0.509. The predicted molar refractivity (Wildman–Crippen MR) is 72.3 cm³/mol. The summed E-state index contributed by atoms with van der Waals surface area (Å²) < 4.78 is 19.0. The lowest BCUT2D eigenvalue weighted by atomic mass is 10.0. The van der Waals surface area contributed by atoms with Gasteiger partial charge in [0.25, 0.3) is 0 Å². The van der Waals surface area contributed by atoms with Gasteiger partial charge in [-0.15, -0.1) is 0 Å². The number of anilines is 1. The summed E-state index contributed by atoms with van der Waals surface area (Å²) in [5.74, 6) is -0.527. The number of hydrogen-bond donors (Lipinski definition) is 1. The Hall–Kier alpha value is -2.47. The van der Waals surface area contributed by atoms with E-state index in [1.165, 1.54) is 30.9 Å². The highest BCUT2D eigenvalue weighted by Gasteiger charge is 2.22. The van der Waals surface area contributed by atoms with Gasteiger partial charge in [0, 0.05) is 23.5 Å². The number of aromatic nitrogens is 3. The van der Waals surface area contributed by atoms with Crippen LogP contribution in [0.25, 0.3) is 22.4 Å². The molecule has 0 aliphatic carbocycles. The van der Waals surface area contributed by atoms with E-state index in [4.69, 9.17) is 21.9 Å². The fraction of sp³-hybridized carbons (Fsp3) is 0. The van der Waals surface area contributed by atoms with Gasteiger partial charge in [-0.05, 0) is 12.1 Å². The molecule has 0 fully saturated rings. The van der Waals surface area contributed by atoms with E-state index >= 15 is 0 Å². The first-order valence-electron chi connectivity index (χ1n) is 5.63. The lowest BCUT2D eigenvalue weighted by Crippen LogP contribution is -1.92. The highest BCUT2D eigenvalue weighted by atomic mass is 35.5. The maximum atomic E-state index is 14.0. The van der Waals surface area contributed by atoms with E-state index < -0.39 is 5.82 Å². The van der Waals surface area contributed by atoms with Gasteiger partial charge in [-0.3, -0.25) is 0 Å². The molecule has 5 nitrogen and oxygen atoms in total. The topological polar surface area (TPSA) is 77.8 Å². The molecule has 0 saturated carbocycles. The van der Waals surface area contributed by atoms with E-state index in [1.54, 1.807) is 6.07 Å². The summed E-state index contributed by atoms with van der Waals surface area (Å²) in [7, 11) is 0. The molecule has 0 aliphatic heterocycles. The van der Waals surface area contributed by atoms with Crippen LogP contribution in [0.4, 0.5) is 10.3 Å². The number of nitrogens with zero attached hydrogens (tertiary/aromatic N) is 3. The molecule has 2 aromatic heterocycles. The summed E-state index contributed by atoms with van der Waals surface area (Å²) in [6.45, 7) is 0. The SMILES string of the molecule is Nc1onc(-c2cncnc2)c1-c1c(F)cccc1Cl. The summed E-state index contributed by atoms with van der Waals surface area (Å²) in [5.41, 5.74) is 7.09. The van der Waals surface area contributed by atoms with Gasteiger partial charge in [-0.25, -0.2) is 14.4 Å². The molecule has 100 valence electrons. The van der Waals surface area contributed by atoms with Crippen molar-refractivity contribution in [1.82, 2.24) is 15.1 Å². The Bertz CT molecular complexity index is 740. The van der Waals surface area contributed by atoms with Gasteiger partial charge < -0.3 is 10.3 Å². The highest BCUT2D eigenvalue weighted by Crippen LogP contribution is 2.40. The summed E-state index contributed by atoms with van der Waals surface area (Å²) in [6, 6.07) is 4.37. The van der Waals surface area contributed by atoms with Crippen LogP contribution in [0, 0.1) is 5.82 Å². The lowest BCUT2D eigenvalue weighted by Gasteiger charge is -2.06. The number of benzene rings is 1. The average molecular weight is 291 g/mol. The minimum absolute atomic E-state index is 0.0177. The van der Waals surface area contributed by atoms with E-state index in [0.717, 1.165) is 0 Å². The van der Waals surface area contributed by atoms with Crippen molar-refractivity contribution in [3.05, 3.63) is 47.8 Å². The first-order chi connectivity index (χ1) is 9.68. The van der Waals surface area contributed by atoms with Crippen LogP contribution in [0.5, 0.6) is 0 Å². The standard InChI is InChI=1S/C13H8ClFN4O/c14-8-2-1-3-9(15)10(8)11-12(19-20-13(11)16)7-4-17-6-18-5-7/h1-6H,16H2. The van der Waals surface area contributed by atoms with E-state index in [1.807, 2.05) is 0 Å². The largest absolute Gasteiger partial charge is 0.367 e. The van der Waals surface area contributed by atoms with Gasteiger partial charge in [0.1, 0.15) is 17.8 Å². The minimum Gasteiger partial charge on any atom is -0.367 e. The van der Waals surface area contributed by atoms with Gasteiger partial charge in [0.2, 0.25) is 5.88 Å². The Balaban J connectivity index is 2.28. The molecular weight excluding hydrogens is 283 g/mol. The third-order valence-electron chi connectivity index (χ3n) is 2.77. The Labute approximate surface area is 118 Å². The molecule has 0 atom stereocenters. The van der Waals surface area contributed by atoms with Crippen molar-refractivity contribution in [1.29, 1.82) is 0 Å². The normalized spacial score (nSPS) is 10.7. The lowest BCUT2D eigenvalue weighted by molar-refractivity contribution is 0.439. The van der Waals surface area contributed by atoms with Crippen LogP contribution in [0.1, 0.15) is 0 Å². The molecule has 0 amide bonds. The Morgan fingerprint density at radius 3 is 2.60 bits per heavy atom. The molecule has 0 saturated heterocycles. The molecule has 0 spiro atoms. The zero-order valence-corrected chi connectivity index (χ0v) is 10.8. The van der Waals surface area contributed by atoms with Gasteiger partial charge in [0.05, 0.1) is 10.6 Å². The fourth-order valence-corrected chi connectivity index (χ4v) is 2.16. The maximum absolute atomic E-state index is 14.0. The number of halogens is 2. The molecule has 2 heterocycles. The van der Waals surface area contributed by atoms with Crippen molar-refractivity contribution in [3.63, 3.8) is 0 Å². The zero-order chi connectivity index (χ0) is 14.1. The van der Waals surface area contributed by atoms with Crippen molar-refractivity contribution in [2.45, 2.75) is 0 Å². The molecule has 0 unspecified atom stereocenters. The monoisotopic (exact) mass is 290 g/mol. The van der Waals surface area contributed by atoms with Crippen LogP contribution in [-0.2, 0) is 0 Å². The second kappa shape index (κ2) is 4.90. The van der Waals surface area contributed by atoms with Crippen molar-refractivity contribution in [2.75, 3.05) is 5.73 Å². The fourth-order valence-electron chi connectivity index (χ4n) is 1.90. The van der Waals surface area contributed by atoms with Gasteiger partial charge in [-0.2, -0.15) is 0 Å². The second-order valence-corrected chi connectivity index (χ2v) is 4.40. The van der Waals surface area contributed by atoms with Crippen LogP contribution in [0.3, 0.4) is 0 Å². The number of rotatable bonds is 2. The summed E-state index contributed by atoms with van der Waals surface area (Å²) in [6.07, 6.45) is 4.44. The van der Waals surface area contributed by atoms with E-state index in [0.29, 0.717) is 16.8 Å². The molecule has 0 radical (unpaired) electrons. The number of hydrogen-bond acceptors (Lipinski definition) is 5. The molecule has 3 rings (SSSR count). The molecule has 0 bridgehead atoms. The average Bonchev–Trinajstić information content (AvgIpc) is 2.82. The van der Waals surface area contributed by atoms with Gasteiger partial charge in [-0.1, -0.05) is 22.8 Å². The molecule has 7 heteroatoms. The van der Waals surface area contributed by atoms with Gasteiger partial charge >= 0.3 is 0 Å². The first-order valence-corrected chi connectivity index (χ1v) is 6.01. The Morgan fingerprint density at radius 2 is 1.90 bits per heavy atom. The summed E-state index contributed by atoms with van der Waals surface area (Å²) in [5, 5.41) is 4.06. The Kier molecular flexibility index (Phi) is 3.08. The van der Waals surface area contributed by atoms with Crippen LogP contribution >= 0.6 is 11.6 Å². The molecule has 3 aromatic rings. The quantitative estimate of drug-likeness (QED) is 0.784. The zero-order valence-electron chi connectivity index (χ0n) is 10.0. The third-order valence-corrected chi connectivity index (χ3v) is 3.08. The molecule has 1 aromatic carbocycles. The van der Waals surface area contributed by atoms with E-state index in [9.17, 15) is 4.39 Å². The summed E-state index contributed by atoms with van der Waals surface area (Å²) in [4.78, 5) is 7.78. The smallest absolute Gasteiger partial charge is 0.230 e. The molecule has 2 N–H and O–H groups in total. The summed E-state index contributed by atoms with van der Waals surface area (Å²) >= 11 is 6.06.